The SMILES string of the molecule is CCCO[Si](OCCN)(OCCN)Oc1ccccc1. The highest BCUT2D eigenvalue weighted by molar-refractivity contribution is 6.54. The first-order valence-electron chi connectivity index (χ1n) is 6.82. The van der Waals surface area contributed by atoms with E-state index < -0.39 is 9.05 Å². The standard InChI is InChI=1S/C13H24N2O4Si/c1-2-10-16-20(17-11-8-14,18-12-9-15)19-13-6-4-3-5-7-13/h3-7H,2,8-12,14-15H2,1H3. The van der Waals surface area contributed by atoms with Gasteiger partial charge in [0.25, 0.3) is 0 Å². The largest absolute Gasteiger partial charge is 0.749 e. The maximum atomic E-state index is 5.87. The summed E-state index contributed by atoms with van der Waals surface area (Å²) < 4.78 is 23.0. The Bertz CT molecular complexity index is 332. The van der Waals surface area contributed by atoms with Crippen LogP contribution < -0.4 is 15.9 Å². The molecule has 0 aromatic heterocycles. The van der Waals surface area contributed by atoms with Crippen LogP contribution in [0.2, 0.25) is 0 Å². The Morgan fingerprint density at radius 2 is 1.45 bits per heavy atom. The van der Waals surface area contributed by atoms with Crippen LogP contribution in [-0.2, 0) is 13.3 Å². The van der Waals surface area contributed by atoms with Crippen molar-refractivity contribution in [3.63, 3.8) is 0 Å². The Morgan fingerprint density at radius 3 is 1.95 bits per heavy atom. The van der Waals surface area contributed by atoms with E-state index in [1.165, 1.54) is 0 Å². The van der Waals surface area contributed by atoms with Gasteiger partial charge in [0, 0.05) is 19.7 Å². The predicted octanol–water partition coefficient (Wildman–Crippen LogP) is 0.878. The van der Waals surface area contributed by atoms with Crippen molar-refractivity contribution in [3.05, 3.63) is 30.3 Å². The van der Waals surface area contributed by atoms with Gasteiger partial charge in [-0.05, 0) is 18.6 Å². The van der Waals surface area contributed by atoms with Crippen LogP contribution in [0.1, 0.15) is 13.3 Å². The molecule has 1 aromatic rings. The predicted molar refractivity (Wildman–Crippen MR) is 79.1 cm³/mol. The van der Waals surface area contributed by atoms with Crippen molar-refractivity contribution in [1.29, 1.82) is 0 Å². The van der Waals surface area contributed by atoms with Gasteiger partial charge in [-0.15, -0.1) is 0 Å². The van der Waals surface area contributed by atoms with Gasteiger partial charge in [-0.1, -0.05) is 25.1 Å². The first-order valence-corrected chi connectivity index (χ1v) is 8.45. The highest BCUT2D eigenvalue weighted by Crippen LogP contribution is 2.18. The molecule has 0 radical (unpaired) electrons. The quantitative estimate of drug-likeness (QED) is 0.590. The highest BCUT2D eigenvalue weighted by atomic mass is 28.4. The number of para-hydroxylation sites is 1. The van der Waals surface area contributed by atoms with Crippen LogP contribution in [0.3, 0.4) is 0 Å². The first-order chi connectivity index (χ1) is 9.76. The monoisotopic (exact) mass is 300 g/mol. The van der Waals surface area contributed by atoms with Gasteiger partial charge in [0.2, 0.25) is 0 Å². The summed E-state index contributed by atoms with van der Waals surface area (Å²) in [6, 6.07) is 9.31. The third-order valence-electron chi connectivity index (χ3n) is 2.26. The summed E-state index contributed by atoms with van der Waals surface area (Å²) in [6.45, 7) is 3.87. The third kappa shape index (κ3) is 5.99. The Balaban J connectivity index is 2.81. The second-order valence-electron chi connectivity index (χ2n) is 4.04. The maximum absolute atomic E-state index is 5.87. The van der Waals surface area contributed by atoms with Gasteiger partial charge in [0.15, 0.2) is 0 Å². The molecule has 1 rings (SSSR count). The average Bonchev–Trinajstić information content (AvgIpc) is 2.49. The molecule has 114 valence electrons. The molecular formula is C13H24N2O4Si. The summed E-state index contributed by atoms with van der Waals surface area (Å²) in [7, 11) is -3.26. The van der Waals surface area contributed by atoms with Crippen molar-refractivity contribution in [3.8, 4) is 5.75 Å². The fourth-order valence-corrected chi connectivity index (χ4v) is 3.48. The van der Waals surface area contributed by atoms with Crippen LogP contribution in [0.5, 0.6) is 5.75 Å². The minimum atomic E-state index is -3.26. The Labute approximate surface area is 121 Å². The molecule has 0 saturated carbocycles. The fraction of sp³-hybridized carbons (Fsp3) is 0.538. The van der Waals surface area contributed by atoms with Gasteiger partial charge < -0.3 is 29.2 Å². The molecule has 0 spiro atoms. The maximum Gasteiger partial charge on any atom is 0.749 e. The van der Waals surface area contributed by atoms with Crippen LogP contribution in [0.4, 0.5) is 0 Å². The lowest BCUT2D eigenvalue weighted by Crippen LogP contribution is -2.53. The van der Waals surface area contributed by atoms with Crippen LogP contribution >= 0.6 is 0 Å². The van der Waals surface area contributed by atoms with E-state index in [9.17, 15) is 0 Å². The van der Waals surface area contributed by atoms with Gasteiger partial charge >= 0.3 is 9.05 Å². The molecule has 0 bridgehead atoms. The summed E-state index contributed by atoms with van der Waals surface area (Å²) in [6.07, 6.45) is 0.838. The summed E-state index contributed by atoms with van der Waals surface area (Å²) in [5.74, 6) is 0.643. The van der Waals surface area contributed by atoms with E-state index in [0.29, 0.717) is 38.7 Å². The van der Waals surface area contributed by atoms with Gasteiger partial charge in [-0.3, -0.25) is 0 Å². The minimum absolute atomic E-state index is 0.313. The lowest BCUT2D eigenvalue weighted by atomic mass is 10.3. The number of hydrogen-bond acceptors (Lipinski definition) is 6. The molecule has 4 N–H and O–H groups in total. The van der Waals surface area contributed by atoms with Crippen molar-refractivity contribution >= 4 is 9.05 Å². The number of rotatable bonds is 11. The molecule has 1 aromatic carbocycles. The molecule has 0 atom stereocenters. The highest BCUT2D eigenvalue weighted by Gasteiger charge is 2.48. The summed E-state index contributed by atoms with van der Waals surface area (Å²) in [5.41, 5.74) is 11.0. The number of hydrogen-bond donors (Lipinski definition) is 2. The van der Waals surface area contributed by atoms with Gasteiger partial charge in [0.1, 0.15) is 5.75 Å². The molecule has 0 aliphatic carbocycles. The van der Waals surface area contributed by atoms with Crippen LogP contribution in [-0.4, -0.2) is 42.0 Å². The van der Waals surface area contributed by atoms with E-state index >= 15 is 0 Å². The smallest absolute Gasteiger partial charge is 0.480 e. The zero-order valence-corrected chi connectivity index (χ0v) is 12.9. The summed E-state index contributed by atoms with van der Waals surface area (Å²) in [4.78, 5) is 0. The van der Waals surface area contributed by atoms with Crippen molar-refractivity contribution < 1.29 is 17.7 Å². The van der Waals surface area contributed by atoms with E-state index in [2.05, 4.69) is 0 Å². The second-order valence-corrected chi connectivity index (χ2v) is 6.11. The molecule has 0 amide bonds. The first kappa shape index (κ1) is 17.1. The molecule has 7 heteroatoms. The molecule has 0 fully saturated rings. The van der Waals surface area contributed by atoms with Crippen LogP contribution in [0, 0.1) is 0 Å². The number of nitrogens with two attached hydrogens (primary N) is 2. The van der Waals surface area contributed by atoms with Crippen molar-refractivity contribution in [2.45, 2.75) is 13.3 Å². The summed E-state index contributed by atoms with van der Waals surface area (Å²) >= 11 is 0. The van der Waals surface area contributed by atoms with Crippen molar-refractivity contribution in [2.75, 3.05) is 32.9 Å². The van der Waals surface area contributed by atoms with Crippen molar-refractivity contribution in [2.24, 2.45) is 11.5 Å². The zero-order valence-electron chi connectivity index (χ0n) is 11.9. The van der Waals surface area contributed by atoms with Crippen LogP contribution in [0.15, 0.2) is 30.3 Å². The molecule has 0 heterocycles. The number of benzene rings is 1. The van der Waals surface area contributed by atoms with Crippen molar-refractivity contribution in [1.82, 2.24) is 0 Å². The molecule has 6 nitrogen and oxygen atoms in total. The van der Waals surface area contributed by atoms with E-state index in [-0.39, 0.29) is 0 Å². The molecule has 0 unspecified atom stereocenters. The Morgan fingerprint density at radius 1 is 0.900 bits per heavy atom. The van der Waals surface area contributed by atoms with E-state index in [0.717, 1.165) is 6.42 Å². The minimum Gasteiger partial charge on any atom is -0.480 e. The fourth-order valence-electron chi connectivity index (χ4n) is 1.44. The lowest BCUT2D eigenvalue weighted by Gasteiger charge is -2.28. The Hall–Kier alpha value is -0.963. The molecule has 20 heavy (non-hydrogen) atoms. The van der Waals surface area contributed by atoms with E-state index in [1.807, 2.05) is 37.3 Å². The third-order valence-corrected chi connectivity index (χ3v) is 4.42. The summed E-state index contributed by atoms with van der Waals surface area (Å²) in [5, 5.41) is 0. The van der Waals surface area contributed by atoms with Gasteiger partial charge in [-0.2, -0.15) is 0 Å². The van der Waals surface area contributed by atoms with Gasteiger partial charge in [0.05, 0.1) is 13.2 Å². The van der Waals surface area contributed by atoms with E-state index in [4.69, 9.17) is 29.2 Å². The lowest BCUT2D eigenvalue weighted by molar-refractivity contribution is 0.00381. The van der Waals surface area contributed by atoms with E-state index in [1.54, 1.807) is 0 Å². The molecule has 0 aliphatic heterocycles. The van der Waals surface area contributed by atoms with Gasteiger partial charge in [-0.25, -0.2) is 0 Å². The molecule has 0 aliphatic rings. The molecule has 0 saturated heterocycles. The topological polar surface area (TPSA) is 89.0 Å². The van der Waals surface area contributed by atoms with Crippen LogP contribution in [0.25, 0.3) is 0 Å². The second kappa shape index (κ2) is 9.86. The molecular weight excluding hydrogens is 276 g/mol. The zero-order chi connectivity index (χ0) is 14.7. The normalized spacial score (nSPS) is 11.6. The average molecular weight is 300 g/mol. The Kier molecular flexibility index (Phi) is 8.43.